The summed E-state index contributed by atoms with van der Waals surface area (Å²) in [5.41, 5.74) is -1.54. The molecule has 0 saturated carbocycles. The number of rotatable bonds is 9. The van der Waals surface area contributed by atoms with E-state index in [-0.39, 0.29) is 12.8 Å². The molecule has 2 amide bonds. The number of carbonyl (C=O) groups is 3. The SMILES string of the molecule is CC(C)(C)OC(=O)NC[C@H](F)COCN(C[C@H](F)C=O)C(=O)OC(C)(C)C. The van der Waals surface area contributed by atoms with E-state index in [0.717, 1.165) is 4.90 Å². The molecular formula is C17H30F2N2O6. The molecule has 0 bridgehead atoms. The van der Waals surface area contributed by atoms with Crippen LogP contribution in [0.1, 0.15) is 41.5 Å². The van der Waals surface area contributed by atoms with Crippen molar-refractivity contribution in [1.82, 2.24) is 10.2 Å². The maximum absolute atomic E-state index is 13.8. The lowest BCUT2D eigenvalue weighted by molar-refractivity contribution is -0.113. The van der Waals surface area contributed by atoms with Gasteiger partial charge in [-0.15, -0.1) is 0 Å². The van der Waals surface area contributed by atoms with Gasteiger partial charge in [0, 0.05) is 0 Å². The van der Waals surface area contributed by atoms with Gasteiger partial charge in [0.25, 0.3) is 0 Å². The summed E-state index contributed by atoms with van der Waals surface area (Å²) in [6.07, 6.45) is -5.12. The van der Waals surface area contributed by atoms with Gasteiger partial charge < -0.3 is 24.3 Å². The van der Waals surface area contributed by atoms with Crippen LogP contribution in [0.5, 0.6) is 0 Å². The summed E-state index contributed by atoms with van der Waals surface area (Å²) in [4.78, 5) is 34.7. The van der Waals surface area contributed by atoms with Crippen LogP contribution in [0, 0.1) is 0 Å². The Kier molecular flexibility index (Phi) is 10.2. The first-order chi connectivity index (χ1) is 12.2. The first kappa shape index (κ1) is 25.0. The molecule has 0 fully saturated rings. The summed E-state index contributed by atoms with van der Waals surface area (Å²) in [7, 11) is 0. The smallest absolute Gasteiger partial charge is 0.412 e. The van der Waals surface area contributed by atoms with Crippen molar-refractivity contribution in [2.24, 2.45) is 0 Å². The normalized spacial score (nSPS) is 14.1. The molecule has 0 saturated heterocycles. The third kappa shape index (κ3) is 13.8. The van der Waals surface area contributed by atoms with E-state index in [0.29, 0.717) is 0 Å². The molecule has 8 nitrogen and oxygen atoms in total. The zero-order valence-electron chi connectivity index (χ0n) is 16.7. The van der Waals surface area contributed by atoms with Gasteiger partial charge in [-0.2, -0.15) is 0 Å². The number of alkyl carbamates (subject to hydrolysis) is 1. The summed E-state index contributed by atoms with van der Waals surface area (Å²) in [6.45, 7) is 8.00. The van der Waals surface area contributed by atoms with Crippen LogP contribution >= 0.6 is 0 Å². The summed E-state index contributed by atoms with van der Waals surface area (Å²) >= 11 is 0. The molecule has 0 aromatic carbocycles. The van der Waals surface area contributed by atoms with Crippen LogP contribution in [0.3, 0.4) is 0 Å². The fourth-order valence-electron chi connectivity index (χ4n) is 1.62. The summed E-state index contributed by atoms with van der Waals surface area (Å²) in [5.74, 6) is 0. The molecular weight excluding hydrogens is 366 g/mol. The van der Waals surface area contributed by atoms with Crippen LogP contribution in [0.25, 0.3) is 0 Å². The average molecular weight is 396 g/mol. The Hall–Kier alpha value is -1.97. The number of carbonyl (C=O) groups excluding carboxylic acids is 3. The molecule has 0 aromatic rings. The number of hydrogen-bond acceptors (Lipinski definition) is 6. The van der Waals surface area contributed by atoms with Gasteiger partial charge in [-0.05, 0) is 41.5 Å². The summed E-state index contributed by atoms with van der Waals surface area (Å²) < 4.78 is 42.2. The van der Waals surface area contributed by atoms with E-state index in [1.54, 1.807) is 41.5 Å². The number of nitrogens with one attached hydrogen (secondary N) is 1. The average Bonchev–Trinajstić information content (AvgIpc) is 2.48. The monoisotopic (exact) mass is 396 g/mol. The van der Waals surface area contributed by atoms with Crippen LogP contribution in [-0.4, -0.2) is 73.3 Å². The molecule has 0 spiro atoms. The van der Waals surface area contributed by atoms with Gasteiger partial charge in [-0.25, -0.2) is 18.4 Å². The van der Waals surface area contributed by atoms with Gasteiger partial charge in [-0.1, -0.05) is 0 Å². The van der Waals surface area contributed by atoms with Gasteiger partial charge in [0.05, 0.1) is 19.7 Å². The Bertz CT molecular complexity index is 491. The maximum Gasteiger partial charge on any atom is 0.412 e. The summed E-state index contributed by atoms with van der Waals surface area (Å²) in [6, 6.07) is 0. The summed E-state index contributed by atoms with van der Waals surface area (Å²) in [5, 5.41) is 2.24. The molecule has 0 aliphatic heterocycles. The third-order valence-corrected chi connectivity index (χ3v) is 2.61. The van der Waals surface area contributed by atoms with Crippen LogP contribution in [0.15, 0.2) is 0 Å². The van der Waals surface area contributed by atoms with Gasteiger partial charge in [0.15, 0.2) is 12.5 Å². The molecule has 1 N–H and O–H groups in total. The minimum absolute atomic E-state index is 0.0417. The number of halogens is 2. The molecule has 10 heteroatoms. The number of ether oxygens (including phenoxy) is 3. The lowest BCUT2D eigenvalue weighted by atomic mass is 10.2. The minimum Gasteiger partial charge on any atom is -0.444 e. The van der Waals surface area contributed by atoms with E-state index in [1.165, 1.54) is 0 Å². The number of nitrogens with zero attached hydrogens (tertiary/aromatic N) is 1. The number of amides is 2. The van der Waals surface area contributed by atoms with Crippen molar-refractivity contribution in [2.45, 2.75) is 65.1 Å². The Labute approximate surface area is 158 Å². The quantitative estimate of drug-likeness (QED) is 0.476. The number of alkyl halides is 2. The van der Waals surface area contributed by atoms with Gasteiger partial charge >= 0.3 is 12.2 Å². The number of aldehydes is 1. The molecule has 0 radical (unpaired) electrons. The fraction of sp³-hybridized carbons (Fsp3) is 0.824. The van der Waals surface area contributed by atoms with E-state index in [4.69, 9.17) is 14.2 Å². The second kappa shape index (κ2) is 11.0. The van der Waals surface area contributed by atoms with Crippen molar-refractivity contribution in [2.75, 3.05) is 26.4 Å². The Balaban J connectivity index is 4.43. The van der Waals surface area contributed by atoms with E-state index in [1.807, 2.05) is 0 Å². The van der Waals surface area contributed by atoms with Gasteiger partial charge in [-0.3, -0.25) is 4.90 Å². The van der Waals surface area contributed by atoms with Crippen molar-refractivity contribution in [3.05, 3.63) is 0 Å². The predicted molar refractivity (Wildman–Crippen MR) is 93.9 cm³/mol. The van der Waals surface area contributed by atoms with Gasteiger partial charge in [0.2, 0.25) is 0 Å². The molecule has 0 aromatic heterocycles. The van der Waals surface area contributed by atoms with Crippen molar-refractivity contribution < 1.29 is 37.4 Å². The highest BCUT2D eigenvalue weighted by molar-refractivity contribution is 5.69. The van der Waals surface area contributed by atoms with Crippen LogP contribution in [0.2, 0.25) is 0 Å². The second-order valence-electron chi connectivity index (χ2n) is 7.83. The fourth-order valence-corrected chi connectivity index (χ4v) is 1.62. The van der Waals surface area contributed by atoms with Crippen molar-refractivity contribution in [3.63, 3.8) is 0 Å². The van der Waals surface area contributed by atoms with Crippen molar-refractivity contribution in [3.8, 4) is 0 Å². The molecule has 0 aliphatic rings. The molecule has 0 heterocycles. The largest absolute Gasteiger partial charge is 0.444 e. The lowest BCUT2D eigenvalue weighted by Gasteiger charge is -2.27. The first-order valence-electron chi connectivity index (χ1n) is 8.49. The van der Waals surface area contributed by atoms with Gasteiger partial charge in [0.1, 0.15) is 24.1 Å². The van der Waals surface area contributed by atoms with Crippen LogP contribution in [0.4, 0.5) is 18.4 Å². The standard InChI is InChI=1S/C17H30F2N2O6/c1-16(2,3)26-14(23)20-7-12(18)10-25-11-21(8-13(19)9-22)15(24)27-17(4,5)6/h9,12-13H,7-8,10-11H2,1-6H3,(H,20,23)/t12-,13-/m0/s1. The topological polar surface area (TPSA) is 94.2 Å². The second-order valence-corrected chi connectivity index (χ2v) is 7.83. The molecule has 0 unspecified atom stereocenters. The maximum atomic E-state index is 13.8. The first-order valence-corrected chi connectivity index (χ1v) is 8.49. The molecule has 0 rings (SSSR count). The molecule has 158 valence electrons. The van der Waals surface area contributed by atoms with E-state index >= 15 is 0 Å². The van der Waals surface area contributed by atoms with E-state index < -0.39 is 55.6 Å². The van der Waals surface area contributed by atoms with E-state index in [2.05, 4.69) is 5.32 Å². The Morgan fingerprint density at radius 3 is 2.11 bits per heavy atom. The van der Waals surface area contributed by atoms with Crippen LogP contribution < -0.4 is 5.32 Å². The van der Waals surface area contributed by atoms with Crippen LogP contribution in [-0.2, 0) is 19.0 Å². The molecule has 2 atom stereocenters. The highest BCUT2D eigenvalue weighted by Crippen LogP contribution is 2.11. The van der Waals surface area contributed by atoms with E-state index in [9.17, 15) is 23.2 Å². The number of hydrogen-bond donors (Lipinski definition) is 1. The van der Waals surface area contributed by atoms with Crippen molar-refractivity contribution >= 4 is 18.5 Å². The zero-order chi connectivity index (χ0) is 21.3. The predicted octanol–water partition coefficient (Wildman–Crippen LogP) is 2.60. The highest BCUT2D eigenvalue weighted by Gasteiger charge is 2.25. The zero-order valence-corrected chi connectivity index (χ0v) is 16.7. The molecule has 27 heavy (non-hydrogen) atoms. The van der Waals surface area contributed by atoms with Crippen molar-refractivity contribution in [1.29, 1.82) is 0 Å². The third-order valence-electron chi connectivity index (χ3n) is 2.61. The Morgan fingerprint density at radius 2 is 1.63 bits per heavy atom. The minimum atomic E-state index is -1.92. The lowest BCUT2D eigenvalue weighted by Crippen LogP contribution is -2.42. The highest BCUT2D eigenvalue weighted by atomic mass is 19.1. The molecule has 0 aliphatic carbocycles. The Morgan fingerprint density at radius 1 is 1.07 bits per heavy atom.